The van der Waals surface area contributed by atoms with E-state index in [0.717, 1.165) is 0 Å². The van der Waals surface area contributed by atoms with Crippen LogP contribution in [0.4, 0.5) is 9.59 Å². The number of carbonyl (C=O) groups excluding carboxylic acids is 1. The Morgan fingerprint density at radius 2 is 2.00 bits per heavy atom. The first-order chi connectivity index (χ1) is 5.45. The lowest BCUT2D eigenvalue weighted by molar-refractivity contribution is 0.149. The molecule has 3 amide bonds. The van der Waals surface area contributed by atoms with Crippen molar-refractivity contribution in [3.05, 3.63) is 0 Å². The molecule has 0 radical (unpaired) electrons. The number of nitrogens with two attached hydrogens (primary N) is 1. The van der Waals surface area contributed by atoms with E-state index in [1.54, 1.807) is 0 Å². The summed E-state index contributed by atoms with van der Waals surface area (Å²) < 4.78 is 0. The molecular formula is C7H14N2O3. The Bertz CT molecular complexity index is 165. The number of carbonyl (C=O) groups is 2. The molecule has 0 aromatic carbocycles. The molecule has 0 unspecified atom stereocenters. The fraction of sp³-hybridized carbons (Fsp3) is 0.714. The van der Waals surface area contributed by atoms with Crippen LogP contribution >= 0.6 is 0 Å². The average molecular weight is 174 g/mol. The summed E-state index contributed by atoms with van der Waals surface area (Å²) in [5.74, 6) is 0.353. The topological polar surface area (TPSA) is 83.6 Å². The van der Waals surface area contributed by atoms with Gasteiger partial charge in [-0.2, -0.15) is 0 Å². The zero-order valence-electron chi connectivity index (χ0n) is 7.28. The molecule has 0 aliphatic heterocycles. The number of amides is 3. The van der Waals surface area contributed by atoms with E-state index < -0.39 is 12.1 Å². The fourth-order valence-corrected chi connectivity index (χ4v) is 0.687. The third-order valence-electron chi connectivity index (χ3n) is 1.43. The van der Waals surface area contributed by atoms with Gasteiger partial charge in [-0.15, -0.1) is 0 Å². The van der Waals surface area contributed by atoms with Crippen LogP contribution in [0, 0.1) is 5.92 Å². The van der Waals surface area contributed by atoms with Crippen LogP contribution in [0.15, 0.2) is 0 Å². The van der Waals surface area contributed by atoms with Crippen molar-refractivity contribution in [2.24, 2.45) is 11.7 Å². The molecule has 0 spiro atoms. The van der Waals surface area contributed by atoms with Crippen molar-refractivity contribution in [3.63, 3.8) is 0 Å². The fourth-order valence-electron chi connectivity index (χ4n) is 0.687. The van der Waals surface area contributed by atoms with Crippen LogP contribution in [-0.2, 0) is 0 Å². The Hall–Kier alpha value is -1.26. The van der Waals surface area contributed by atoms with E-state index in [0.29, 0.717) is 17.2 Å². The number of urea groups is 1. The van der Waals surface area contributed by atoms with Crippen LogP contribution in [0.25, 0.3) is 0 Å². The Labute approximate surface area is 71.1 Å². The van der Waals surface area contributed by atoms with E-state index >= 15 is 0 Å². The number of rotatable bonds is 3. The van der Waals surface area contributed by atoms with Crippen molar-refractivity contribution < 1.29 is 14.7 Å². The molecule has 0 atom stereocenters. The molecule has 70 valence electrons. The monoisotopic (exact) mass is 174 g/mol. The van der Waals surface area contributed by atoms with Crippen LogP contribution in [-0.4, -0.2) is 28.7 Å². The number of primary amides is 1. The minimum Gasteiger partial charge on any atom is -0.465 e. The number of hydrogen-bond donors (Lipinski definition) is 2. The summed E-state index contributed by atoms with van der Waals surface area (Å²) in [5.41, 5.74) is 4.83. The summed E-state index contributed by atoms with van der Waals surface area (Å²) in [6, 6.07) is -0.914. The standard InChI is InChI=1S/C7H14N2O3/c1-5(2)3-4-9(6(8)10)7(11)12/h5H,3-4H2,1-2H3,(H2,8,10)(H,11,12). The molecule has 3 N–H and O–H groups in total. The molecule has 0 saturated heterocycles. The summed E-state index contributed by atoms with van der Waals surface area (Å²) in [6.07, 6.45) is -0.655. The van der Waals surface area contributed by atoms with Gasteiger partial charge in [0.05, 0.1) is 0 Å². The first-order valence-corrected chi connectivity index (χ1v) is 3.75. The molecule has 0 aliphatic rings. The van der Waals surface area contributed by atoms with Gasteiger partial charge >= 0.3 is 12.1 Å². The first-order valence-electron chi connectivity index (χ1n) is 3.75. The summed E-state index contributed by atoms with van der Waals surface area (Å²) >= 11 is 0. The van der Waals surface area contributed by atoms with Crippen molar-refractivity contribution in [2.45, 2.75) is 20.3 Å². The smallest absolute Gasteiger partial charge is 0.415 e. The van der Waals surface area contributed by atoms with Gasteiger partial charge in [0.2, 0.25) is 0 Å². The van der Waals surface area contributed by atoms with Crippen molar-refractivity contribution in [2.75, 3.05) is 6.54 Å². The SMILES string of the molecule is CC(C)CCN(C(N)=O)C(=O)O. The highest BCUT2D eigenvalue weighted by Gasteiger charge is 2.16. The van der Waals surface area contributed by atoms with E-state index in [1.165, 1.54) is 0 Å². The molecule has 0 aromatic rings. The summed E-state index contributed by atoms with van der Waals surface area (Å²) in [6.45, 7) is 4.06. The van der Waals surface area contributed by atoms with Crippen LogP contribution in [0.5, 0.6) is 0 Å². The maximum atomic E-state index is 10.5. The lowest BCUT2D eigenvalue weighted by Gasteiger charge is -2.15. The minimum atomic E-state index is -1.29. The van der Waals surface area contributed by atoms with E-state index in [2.05, 4.69) is 0 Å². The average Bonchev–Trinajstić information content (AvgIpc) is 1.84. The van der Waals surface area contributed by atoms with Gasteiger partial charge in [0, 0.05) is 6.54 Å². The summed E-state index contributed by atoms with van der Waals surface area (Å²) in [4.78, 5) is 21.5. The Balaban J connectivity index is 3.97. The normalized spacial score (nSPS) is 9.92. The second-order valence-electron chi connectivity index (χ2n) is 2.95. The molecule has 5 heteroatoms. The number of carboxylic acid groups (broad SMARTS) is 1. The predicted octanol–water partition coefficient (Wildman–Crippen LogP) is 1.09. The maximum absolute atomic E-state index is 10.5. The van der Waals surface area contributed by atoms with Gasteiger partial charge in [0.1, 0.15) is 0 Å². The quantitative estimate of drug-likeness (QED) is 0.671. The molecule has 0 rings (SSSR count). The van der Waals surface area contributed by atoms with Gasteiger partial charge in [0.25, 0.3) is 0 Å². The molecule has 12 heavy (non-hydrogen) atoms. The molecule has 0 bridgehead atoms. The second-order valence-corrected chi connectivity index (χ2v) is 2.95. The second kappa shape index (κ2) is 4.58. The molecule has 0 saturated carbocycles. The Morgan fingerprint density at radius 1 is 1.50 bits per heavy atom. The maximum Gasteiger partial charge on any atom is 0.415 e. The Kier molecular flexibility index (Phi) is 4.10. The van der Waals surface area contributed by atoms with Gasteiger partial charge in [0.15, 0.2) is 0 Å². The molecule has 0 heterocycles. The van der Waals surface area contributed by atoms with Crippen LogP contribution in [0.2, 0.25) is 0 Å². The van der Waals surface area contributed by atoms with Crippen LogP contribution in [0.1, 0.15) is 20.3 Å². The van der Waals surface area contributed by atoms with Crippen LogP contribution in [0.3, 0.4) is 0 Å². The van der Waals surface area contributed by atoms with Gasteiger partial charge < -0.3 is 10.8 Å². The van der Waals surface area contributed by atoms with E-state index in [4.69, 9.17) is 10.8 Å². The molecular weight excluding hydrogens is 160 g/mol. The predicted molar refractivity (Wildman–Crippen MR) is 43.8 cm³/mol. The lowest BCUT2D eigenvalue weighted by Crippen LogP contribution is -2.40. The van der Waals surface area contributed by atoms with E-state index in [1.807, 2.05) is 13.8 Å². The zero-order chi connectivity index (χ0) is 9.72. The van der Waals surface area contributed by atoms with Crippen molar-refractivity contribution in [1.82, 2.24) is 4.90 Å². The largest absolute Gasteiger partial charge is 0.465 e. The molecule has 0 fully saturated rings. The first kappa shape index (κ1) is 10.7. The third-order valence-corrected chi connectivity index (χ3v) is 1.43. The van der Waals surface area contributed by atoms with Gasteiger partial charge in [-0.25, -0.2) is 14.5 Å². The zero-order valence-corrected chi connectivity index (χ0v) is 7.28. The minimum absolute atomic E-state index is 0.169. The van der Waals surface area contributed by atoms with E-state index in [-0.39, 0.29) is 6.54 Å². The summed E-state index contributed by atoms with van der Waals surface area (Å²) in [7, 11) is 0. The molecule has 5 nitrogen and oxygen atoms in total. The number of imide groups is 1. The van der Waals surface area contributed by atoms with Crippen molar-refractivity contribution >= 4 is 12.1 Å². The third kappa shape index (κ3) is 3.80. The number of nitrogens with zero attached hydrogens (tertiary/aromatic N) is 1. The van der Waals surface area contributed by atoms with E-state index in [9.17, 15) is 9.59 Å². The van der Waals surface area contributed by atoms with Gasteiger partial charge in [-0.3, -0.25) is 0 Å². The lowest BCUT2D eigenvalue weighted by atomic mass is 10.1. The van der Waals surface area contributed by atoms with Crippen molar-refractivity contribution in [1.29, 1.82) is 0 Å². The van der Waals surface area contributed by atoms with Crippen LogP contribution < -0.4 is 5.73 Å². The highest BCUT2D eigenvalue weighted by Crippen LogP contribution is 2.01. The molecule has 0 aliphatic carbocycles. The highest BCUT2D eigenvalue weighted by atomic mass is 16.4. The molecule has 0 aromatic heterocycles. The number of hydrogen-bond acceptors (Lipinski definition) is 2. The highest BCUT2D eigenvalue weighted by molar-refractivity contribution is 5.88. The van der Waals surface area contributed by atoms with Crippen molar-refractivity contribution in [3.8, 4) is 0 Å². The van der Waals surface area contributed by atoms with Gasteiger partial charge in [-0.05, 0) is 12.3 Å². The van der Waals surface area contributed by atoms with Gasteiger partial charge in [-0.1, -0.05) is 13.8 Å². The summed E-state index contributed by atoms with van der Waals surface area (Å²) in [5, 5.41) is 8.48. The Morgan fingerprint density at radius 3 is 2.25 bits per heavy atom.